The van der Waals surface area contributed by atoms with Gasteiger partial charge in [0.2, 0.25) is 0 Å². The van der Waals surface area contributed by atoms with Gasteiger partial charge >= 0.3 is 0 Å². The molecule has 1 aliphatic carbocycles. The van der Waals surface area contributed by atoms with E-state index in [0.29, 0.717) is 6.04 Å². The zero-order valence-corrected chi connectivity index (χ0v) is 12.3. The number of aliphatic hydroxyl groups excluding tert-OH is 1. The van der Waals surface area contributed by atoms with Crippen molar-refractivity contribution in [2.45, 2.75) is 38.1 Å². The Morgan fingerprint density at radius 1 is 1.30 bits per heavy atom. The van der Waals surface area contributed by atoms with Gasteiger partial charge in [-0.3, -0.25) is 0 Å². The number of hydrogen-bond acceptors (Lipinski definition) is 3. The first-order valence-electron chi connectivity index (χ1n) is 7.52. The third-order valence-electron chi connectivity index (χ3n) is 3.85. The third kappa shape index (κ3) is 4.36. The van der Waals surface area contributed by atoms with Crippen molar-refractivity contribution in [3.8, 4) is 5.75 Å². The fraction of sp³-hybridized carbons (Fsp3) is 0.529. The molecule has 1 aromatic carbocycles. The Balaban J connectivity index is 2.03. The fourth-order valence-corrected chi connectivity index (χ4v) is 2.71. The van der Waals surface area contributed by atoms with Crippen LogP contribution >= 0.6 is 0 Å². The number of aliphatic hydroxyl groups is 1. The maximum Gasteiger partial charge on any atom is 0.118 e. The van der Waals surface area contributed by atoms with Crippen LogP contribution in [0, 0.1) is 0 Å². The molecule has 2 rings (SSSR count). The summed E-state index contributed by atoms with van der Waals surface area (Å²) in [4.78, 5) is 0. The Hall–Kier alpha value is -1.32. The molecule has 1 saturated carbocycles. The van der Waals surface area contributed by atoms with Crippen LogP contribution in [0.4, 0.5) is 0 Å². The van der Waals surface area contributed by atoms with E-state index in [1.54, 1.807) is 7.11 Å². The van der Waals surface area contributed by atoms with Crippen LogP contribution in [0.5, 0.6) is 5.75 Å². The number of benzene rings is 1. The topological polar surface area (TPSA) is 41.5 Å². The molecule has 0 saturated heterocycles. The second-order valence-corrected chi connectivity index (χ2v) is 5.32. The molecule has 0 aromatic heterocycles. The smallest absolute Gasteiger partial charge is 0.118 e. The molecule has 0 bridgehead atoms. The molecular weight excluding hydrogens is 250 g/mol. The molecule has 1 atom stereocenters. The van der Waals surface area contributed by atoms with Gasteiger partial charge in [0, 0.05) is 12.6 Å². The summed E-state index contributed by atoms with van der Waals surface area (Å²) in [7, 11) is 1.69. The van der Waals surface area contributed by atoms with Gasteiger partial charge in [-0.25, -0.2) is 0 Å². The van der Waals surface area contributed by atoms with Gasteiger partial charge in [0.25, 0.3) is 0 Å². The SMILES string of the molecule is COc1ccc(C=C2CCCCC2NCCCO)cc1. The van der Waals surface area contributed by atoms with E-state index in [4.69, 9.17) is 9.84 Å². The predicted molar refractivity (Wildman–Crippen MR) is 82.9 cm³/mol. The van der Waals surface area contributed by atoms with Crippen LogP contribution in [0.3, 0.4) is 0 Å². The third-order valence-corrected chi connectivity index (χ3v) is 3.85. The zero-order chi connectivity index (χ0) is 14.2. The first-order valence-corrected chi connectivity index (χ1v) is 7.52. The molecular formula is C17H25NO2. The van der Waals surface area contributed by atoms with Gasteiger partial charge < -0.3 is 15.2 Å². The number of rotatable bonds is 6. The summed E-state index contributed by atoms with van der Waals surface area (Å²) in [5.41, 5.74) is 2.72. The fourth-order valence-electron chi connectivity index (χ4n) is 2.71. The number of ether oxygens (including phenoxy) is 1. The van der Waals surface area contributed by atoms with Crippen molar-refractivity contribution in [2.24, 2.45) is 0 Å². The molecule has 110 valence electrons. The lowest BCUT2D eigenvalue weighted by Gasteiger charge is -2.26. The standard InChI is InChI=1S/C17H25NO2/c1-20-16-9-7-14(8-10-16)13-15-5-2-3-6-17(15)18-11-4-12-19/h7-10,13,17-19H,2-6,11-12H2,1H3. The summed E-state index contributed by atoms with van der Waals surface area (Å²) < 4.78 is 5.19. The number of hydrogen-bond donors (Lipinski definition) is 2. The largest absolute Gasteiger partial charge is 0.497 e. The molecule has 3 heteroatoms. The summed E-state index contributed by atoms with van der Waals surface area (Å²) in [6.07, 6.45) is 8.06. The van der Waals surface area contributed by atoms with E-state index in [9.17, 15) is 0 Å². The molecule has 0 spiro atoms. The zero-order valence-electron chi connectivity index (χ0n) is 12.3. The van der Waals surface area contributed by atoms with E-state index in [0.717, 1.165) is 18.7 Å². The lowest BCUT2D eigenvalue weighted by atomic mass is 9.88. The van der Waals surface area contributed by atoms with Crippen LogP contribution in [0.25, 0.3) is 6.08 Å². The van der Waals surface area contributed by atoms with Gasteiger partial charge in [-0.1, -0.05) is 30.2 Å². The maximum absolute atomic E-state index is 8.88. The monoisotopic (exact) mass is 275 g/mol. The predicted octanol–water partition coefficient (Wildman–Crippen LogP) is 2.99. The molecule has 1 unspecified atom stereocenters. The highest BCUT2D eigenvalue weighted by Gasteiger charge is 2.17. The maximum atomic E-state index is 8.88. The summed E-state index contributed by atoms with van der Waals surface area (Å²) in [6.45, 7) is 1.15. The van der Waals surface area contributed by atoms with Gasteiger partial charge in [-0.05, 0) is 49.9 Å². The Labute approximate surface area is 121 Å². The quantitative estimate of drug-likeness (QED) is 0.784. The Morgan fingerprint density at radius 3 is 2.80 bits per heavy atom. The lowest BCUT2D eigenvalue weighted by Crippen LogP contribution is -2.34. The van der Waals surface area contributed by atoms with Crippen molar-refractivity contribution >= 4 is 6.08 Å². The number of nitrogens with one attached hydrogen (secondary N) is 1. The van der Waals surface area contributed by atoms with Crippen LogP contribution in [-0.4, -0.2) is 31.4 Å². The van der Waals surface area contributed by atoms with Crippen molar-refractivity contribution in [3.63, 3.8) is 0 Å². The first-order chi connectivity index (χ1) is 9.83. The van der Waals surface area contributed by atoms with Gasteiger partial charge in [-0.2, -0.15) is 0 Å². The summed E-state index contributed by atoms with van der Waals surface area (Å²) in [5, 5.41) is 12.4. The van der Waals surface area contributed by atoms with Crippen LogP contribution in [-0.2, 0) is 0 Å². The molecule has 0 radical (unpaired) electrons. The van der Waals surface area contributed by atoms with Crippen molar-refractivity contribution in [1.29, 1.82) is 0 Å². The average molecular weight is 275 g/mol. The minimum atomic E-state index is 0.261. The molecule has 1 fully saturated rings. The van der Waals surface area contributed by atoms with Crippen molar-refractivity contribution < 1.29 is 9.84 Å². The van der Waals surface area contributed by atoms with Crippen LogP contribution < -0.4 is 10.1 Å². The van der Waals surface area contributed by atoms with Gasteiger partial charge in [0.05, 0.1) is 7.11 Å². The van der Waals surface area contributed by atoms with Crippen LogP contribution in [0.1, 0.15) is 37.7 Å². The minimum absolute atomic E-state index is 0.261. The molecule has 3 nitrogen and oxygen atoms in total. The molecule has 0 heterocycles. The van der Waals surface area contributed by atoms with Crippen molar-refractivity contribution in [3.05, 3.63) is 35.4 Å². The normalized spacial score (nSPS) is 21.1. The van der Waals surface area contributed by atoms with Gasteiger partial charge in [-0.15, -0.1) is 0 Å². The van der Waals surface area contributed by atoms with Crippen LogP contribution in [0.15, 0.2) is 29.8 Å². The second-order valence-electron chi connectivity index (χ2n) is 5.32. The van der Waals surface area contributed by atoms with Gasteiger partial charge in [0.1, 0.15) is 5.75 Å². The van der Waals surface area contributed by atoms with E-state index >= 15 is 0 Å². The van der Waals surface area contributed by atoms with E-state index in [2.05, 4.69) is 23.5 Å². The average Bonchev–Trinajstić information content (AvgIpc) is 2.50. The minimum Gasteiger partial charge on any atom is -0.497 e. The highest BCUT2D eigenvalue weighted by Crippen LogP contribution is 2.26. The molecule has 20 heavy (non-hydrogen) atoms. The second kappa shape index (κ2) is 8.08. The summed E-state index contributed by atoms with van der Waals surface area (Å²) in [6, 6.07) is 8.68. The summed E-state index contributed by atoms with van der Waals surface area (Å²) in [5.74, 6) is 0.897. The van der Waals surface area contributed by atoms with E-state index in [1.165, 1.54) is 36.8 Å². The van der Waals surface area contributed by atoms with E-state index < -0.39 is 0 Å². The Morgan fingerprint density at radius 2 is 2.10 bits per heavy atom. The number of methoxy groups -OCH3 is 1. The first kappa shape index (κ1) is 15.1. The van der Waals surface area contributed by atoms with Crippen LogP contribution in [0.2, 0.25) is 0 Å². The van der Waals surface area contributed by atoms with Crippen molar-refractivity contribution in [2.75, 3.05) is 20.3 Å². The van der Waals surface area contributed by atoms with E-state index in [-0.39, 0.29) is 6.61 Å². The molecule has 1 aliphatic rings. The van der Waals surface area contributed by atoms with Gasteiger partial charge in [0.15, 0.2) is 0 Å². The molecule has 0 aliphatic heterocycles. The highest BCUT2D eigenvalue weighted by molar-refractivity contribution is 5.55. The van der Waals surface area contributed by atoms with E-state index in [1.807, 2.05) is 12.1 Å². The molecule has 1 aromatic rings. The molecule has 0 amide bonds. The highest BCUT2D eigenvalue weighted by atomic mass is 16.5. The Kier molecular flexibility index (Phi) is 6.09. The lowest BCUT2D eigenvalue weighted by molar-refractivity contribution is 0.282. The molecule has 2 N–H and O–H groups in total. The Bertz CT molecular complexity index is 425. The summed E-state index contributed by atoms with van der Waals surface area (Å²) >= 11 is 0. The van der Waals surface area contributed by atoms with Crippen molar-refractivity contribution in [1.82, 2.24) is 5.32 Å².